The topological polar surface area (TPSA) is 102 Å². The molecule has 0 saturated carbocycles. The quantitative estimate of drug-likeness (QED) is 0.505. The highest BCUT2D eigenvalue weighted by molar-refractivity contribution is 5.66. The summed E-state index contributed by atoms with van der Waals surface area (Å²) < 4.78 is 10.8. The Bertz CT molecular complexity index is 862. The van der Waals surface area contributed by atoms with E-state index in [0.717, 1.165) is 0 Å². The highest BCUT2D eigenvalue weighted by Crippen LogP contribution is 2.39. The van der Waals surface area contributed by atoms with E-state index < -0.39 is 22.5 Å². The normalized spacial score (nSPS) is 12.1. The van der Waals surface area contributed by atoms with Gasteiger partial charge in [0.05, 0.1) is 24.6 Å². The van der Waals surface area contributed by atoms with Gasteiger partial charge in [0.2, 0.25) is 0 Å². The van der Waals surface area contributed by atoms with Gasteiger partial charge in [-0.15, -0.1) is 0 Å². The lowest BCUT2D eigenvalue weighted by Crippen LogP contribution is -2.42. The molecule has 0 fully saturated rings. The van der Waals surface area contributed by atoms with Crippen LogP contribution in [0.4, 0.5) is 10.5 Å². The SMILES string of the molecule is COc1cccc(OCCN(C(=O)O)C(c2cccc([N+](=O)[O-])c2)C(C)(C)C)c1. The maximum Gasteiger partial charge on any atom is 0.407 e. The molecule has 2 rings (SSSR count). The van der Waals surface area contributed by atoms with Crippen molar-refractivity contribution in [2.24, 2.45) is 5.41 Å². The molecule has 0 bridgehead atoms. The number of methoxy groups -OCH3 is 1. The Morgan fingerprint density at radius 2 is 1.83 bits per heavy atom. The third-order valence-electron chi connectivity index (χ3n) is 4.42. The van der Waals surface area contributed by atoms with Gasteiger partial charge in [-0.1, -0.05) is 39.0 Å². The van der Waals surface area contributed by atoms with Crippen LogP contribution < -0.4 is 9.47 Å². The van der Waals surface area contributed by atoms with Gasteiger partial charge in [0.15, 0.2) is 0 Å². The summed E-state index contributed by atoms with van der Waals surface area (Å²) in [5.74, 6) is 1.21. The molecule has 2 aromatic rings. The molecular weight excluding hydrogens is 376 g/mol. The highest BCUT2D eigenvalue weighted by Gasteiger charge is 2.35. The lowest BCUT2D eigenvalue weighted by Gasteiger charge is -2.39. The summed E-state index contributed by atoms with van der Waals surface area (Å²) in [7, 11) is 1.55. The number of carbonyl (C=O) groups is 1. The molecule has 0 aliphatic heterocycles. The number of hydrogen-bond donors (Lipinski definition) is 1. The number of nitro benzene ring substituents is 1. The van der Waals surface area contributed by atoms with Gasteiger partial charge in [0.25, 0.3) is 5.69 Å². The lowest BCUT2D eigenvalue weighted by molar-refractivity contribution is -0.385. The number of nitro groups is 1. The zero-order valence-electron chi connectivity index (χ0n) is 17.0. The van der Waals surface area contributed by atoms with Gasteiger partial charge in [-0.05, 0) is 23.1 Å². The van der Waals surface area contributed by atoms with Crippen LogP contribution in [0.25, 0.3) is 0 Å². The van der Waals surface area contributed by atoms with Gasteiger partial charge < -0.3 is 14.6 Å². The van der Waals surface area contributed by atoms with E-state index in [1.165, 1.54) is 17.0 Å². The molecule has 0 aliphatic rings. The second-order valence-corrected chi connectivity index (χ2v) is 7.62. The predicted molar refractivity (Wildman–Crippen MR) is 109 cm³/mol. The van der Waals surface area contributed by atoms with Crippen molar-refractivity contribution < 1.29 is 24.3 Å². The Balaban J connectivity index is 2.25. The first kappa shape index (κ1) is 22.0. The van der Waals surface area contributed by atoms with Crippen molar-refractivity contribution in [3.8, 4) is 11.5 Å². The number of non-ortho nitro benzene ring substituents is 1. The lowest BCUT2D eigenvalue weighted by atomic mass is 9.81. The van der Waals surface area contributed by atoms with Crippen molar-refractivity contribution >= 4 is 11.8 Å². The molecular formula is C21H26N2O6. The van der Waals surface area contributed by atoms with Crippen molar-refractivity contribution in [3.63, 3.8) is 0 Å². The van der Waals surface area contributed by atoms with E-state index >= 15 is 0 Å². The van der Waals surface area contributed by atoms with Crippen molar-refractivity contribution in [3.05, 3.63) is 64.2 Å². The van der Waals surface area contributed by atoms with E-state index in [1.807, 2.05) is 20.8 Å². The molecule has 1 unspecified atom stereocenters. The van der Waals surface area contributed by atoms with Crippen LogP contribution in [-0.4, -0.2) is 41.3 Å². The second-order valence-electron chi connectivity index (χ2n) is 7.62. The molecule has 0 aromatic heterocycles. The molecule has 0 spiro atoms. The van der Waals surface area contributed by atoms with Crippen LogP contribution in [0, 0.1) is 15.5 Å². The molecule has 0 saturated heterocycles. The van der Waals surface area contributed by atoms with E-state index in [9.17, 15) is 20.0 Å². The first-order valence-corrected chi connectivity index (χ1v) is 9.14. The number of benzene rings is 2. The van der Waals surface area contributed by atoms with Crippen LogP contribution in [0.2, 0.25) is 0 Å². The maximum absolute atomic E-state index is 12.0. The Hall–Kier alpha value is -3.29. The van der Waals surface area contributed by atoms with E-state index in [4.69, 9.17) is 9.47 Å². The Morgan fingerprint density at radius 1 is 1.17 bits per heavy atom. The van der Waals surface area contributed by atoms with Gasteiger partial charge in [-0.2, -0.15) is 0 Å². The maximum atomic E-state index is 12.0. The number of hydrogen-bond acceptors (Lipinski definition) is 5. The highest BCUT2D eigenvalue weighted by atomic mass is 16.6. The van der Waals surface area contributed by atoms with E-state index in [2.05, 4.69) is 0 Å². The molecule has 0 radical (unpaired) electrons. The number of amides is 1. The third-order valence-corrected chi connectivity index (χ3v) is 4.42. The van der Waals surface area contributed by atoms with Crippen LogP contribution in [0.15, 0.2) is 48.5 Å². The minimum absolute atomic E-state index is 0.0743. The Morgan fingerprint density at radius 3 is 2.41 bits per heavy atom. The molecule has 2 aromatic carbocycles. The summed E-state index contributed by atoms with van der Waals surface area (Å²) in [4.78, 5) is 24.0. The van der Waals surface area contributed by atoms with Crippen LogP contribution >= 0.6 is 0 Å². The van der Waals surface area contributed by atoms with Gasteiger partial charge in [-0.25, -0.2) is 4.79 Å². The fourth-order valence-corrected chi connectivity index (χ4v) is 3.24. The predicted octanol–water partition coefficient (Wildman–Crippen LogP) is 4.75. The zero-order valence-corrected chi connectivity index (χ0v) is 17.0. The van der Waals surface area contributed by atoms with Gasteiger partial charge in [-0.3, -0.25) is 15.0 Å². The first-order valence-electron chi connectivity index (χ1n) is 9.14. The number of nitrogens with zero attached hydrogens (tertiary/aromatic N) is 2. The van der Waals surface area contributed by atoms with E-state index in [1.54, 1.807) is 43.5 Å². The number of ether oxygens (including phenoxy) is 2. The van der Waals surface area contributed by atoms with Crippen LogP contribution in [0.1, 0.15) is 32.4 Å². The molecule has 0 aliphatic carbocycles. The number of rotatable bonds is 8. The summed E-state index contributed by atoms with van der Waals surface area (Å²) in [6.07, 6.45) is -1.12. The molecule has 29 heavy (non-hydrogen) atoms. The molecule has 156 valence electrons. The summed E-state index contributed by atoms with van der Waals surface area (Å²) in [5, 5.41) is 21.0. The fourth-order valence-electron chi connectivity index (χ4n) is 3.24. The van der Waals surface area contributed by atoms with Crippen LogP contribution in [0.3, 0.4) is 0 Å². The first-order chi connectivity index (χ1) is 13.6. The van der Waals surface area contributed by atoms with Crippen LogP contribution in [-0.2, 0) is 0 Å². The summed E-state index contributed by atoms with van der Waals surface area (Å²) in [6, 6.07) is 12.5. The molecule has 8 nitrogen and oxygen atoms in total. The van der Waals surface area contributed by atoms with Crippen molar-refractivity contribution in [2.45, 2.75) is 26.8 Å². The Labute approximate surface area is 169 Å². The summed E-state index contributed by atoms with van der Waals surface area (Å²) in [5.41, 5.74) is -0.00552. The molecule has 8 heteroatoms. The largest absolute Gasteiger partial charge is 0.497 e. The van der Waals surface area contributed by atoms with Crippen molar-refractivity contribution in [1.29, 1.82) is 0 Å². The monoisotopic (exact) mass is 402 g/mol. The molecule has 1 atom stereocenters. The molecule has 0 heterocycles. The van der Waals surface area contributed by atoms with Gasteiger partial charge >= 0.3 is 6.09 Å². The van der Waals surface area contributed by atoms with Gasteiger partial charge in [0.1, 0.15) is 18.1 Å². The Kier molecular flexibility index (Phi) is 7.03. The van der Waals surface area contributed by atoms with Crippen molar-refractivity contribution in [2.75, 3.05) is 20.3 Å². The smallest absolute Gasteiger partial charge is 0.407 e. The zero-order chi connectivity index (χ0) is 21.6. The van der Waals surface area contributed by atoms with E-state index in [-0.39, 0.29) is 18.8 Å². The average Bonchev–Trinajstić information content (AvgIpc) is 2.66. The summed E-state index contributed by atoms with van der Waals surface area (Å²) in [6.45, 7) is 5.91. The average molecular weight is 402 g/mol. The fraction of sp³-hybridized carbons (Fsp3) is 0.381. The minimum Gasteiger partial charge on any atom is -0.497 e. The van der Waals surface area contributed by atoms with Gasteiger partial charge in [0, 0.05) is 18.2 Å². The third kappa shape index (κ3) is 5.84. The van der Waals surface area contributed by atoms with Crippen molar-refractivity contribution in [1.82, 2.24) is 4.90 Å². The standard InChI is InChI=1S/C21H26N2O6/c1-21(2,3)19(15-7-5-8-16(13-15)23(26)27)22(20(24)25)11-12-29-18-10-6-9-17(14-18)28-4/h5-10,13-14,19H,11-12H2,1-4H3,(H,24,25). The summed E-state index contributed by atoms with van der Waals surface area (Å²) >= 11 is 0. The molecule has 1 N–H and O–H groups in total. The molecule has 1 amide bonds. The minimum atomic E-state index is -1.12. The van der Waals surface area contributed by atoms with Crippen LogP contribution in [0.5, 0.6) is 11.5 Å². The second kappa shape index (κ2) is 9.27. The number of carboxylic acid groups (broad SMARTS) is 1. The van der Waals surface area contributed by atoms with E-state index in [0.29, 0.717) is 17.1 Å².